The molecular weight excluding hydrogens is 602 g/mol. The highest BCUT2D eigenvalue weighted by molar-refractivity contribution is 7.07. The predicted molar refractivity (Wildman–Crippen MR) is 177 cm³/mol. The Morgan fingerprint density at radius 2 is 1.80 bits per heavy atom. The quantitative estimate of drug-likeness (QED) is 0.198. The number of aryl methyl sites for hydroxylation is 1. The van der Waals surface area contributed by atoms with Gasteiger partial charge >= 0.3 is 0 Å². The summed E-state index contributed by atoms with van der Waals surface area (Å²) >= 11 is 8.15. The number of benzene rings is 4. The minimum Gasteiger partial charge on any atom is -0.490 e. The van der Waals surface area contributed by atoms with Gasteiger partial charge in [0.1, 0.15) is 6.61 Å². The van der Waals surface area contributed by atoms with Crippen molar-refractivity contribution in [2.24, 2.45) is 4.99 Å². The number of nitrogens with zero attached hydrogens (tertiary/aromatic N) is 3. The molecule has 0 N–H and O–H groups in total. The first-order valence-corrected chi connectivity index (χ1v) is 16.0. The molecule has 1 aliphatic carbocycles. The van der Waals surface area contributed by atoms with Gasteiger partial charge in [0.05, 0.1) is 34.5 Å². The van der Waals surface area contributed by atoms with Gasteiger partial charge in [0.15, 0.2) is 16.3 Å². The van der Waals surface area contributed by atoms with Crippen LogP contribution in [0.3, 0.4) is 0 Å². The van der Waals surface area contributed by atoms with Gasteiger partial charge in [0.25, 0.3) is 5.56 Å². The third-order valence-electron chi connectivity index (χ3n) is 8.16. The van der Waals surface area contributed by atoms with Crippen LogP contribution < -0.4 is 24.4 Å². The van der Waals surface area contributed by atoms with Crippen LogP contribution in [0, 0.1) is 11.3 Å². The van der Waals surface area contributed by atoms with E-state index in [0.717, 1.165) is 46.4 Å². The van der Waals surface area contributed by atoms with E-state index in [1.165, 1.54) is 16.9 Å². The van der Waals surface area contributed by atoms with Gasteiger partial charge < -0.3 is 9.47 Å². The number of ether oxygens (including phenoxy) is 2. The van der Waals surface area contributed by atoms with Crippen LogP contribution in [0.25, 0.3) is 11.8 Å². The zero-order valence-electron chi connectivity index (χ0n) is 24.5. The Morgan fingerprint density at radius 1 is 1.00 bits per heavy atom. The van der Waals surface area contributed by atoms with Crippen LogP contribution >= 0.6 is 22.9 Å². The van der Waals surface area contributed by atoms with Crippen LogP contribution in [0.5, 0.6) is 11.5 Å². The molecule has 8 heteroatoms. The molecule has 5 aromatic rings. The number of halogens is 1. The van der Waals surface area contributed by atoms with E-state index >= 15 is 0 Å². The molecule has 1 aliphatic heterocycles. The second-order valence-corrected chi connectivity index (χ2v) is 12.2. The number of hydrogen-bond donors (Lipinski definition) is 0. The van der Waals surface area contributed by atoms with Crippen molar-refractivity contribution >= 4 is 34.7 Å². The Kier molecular flexibility index (Phi) is 7.85. The van der Waals surface area contributed by atoms with Gasteiger partial charge in [0, 0.05) is 16.1 Å². The molecule has 222 valence electrons. The first kappa shape index (κ1) is 28.8. The molecule has 1 unspecified atom stereocenters. The van der Waals surface area contributed by atoms with Crippen LogP contribution in [0.2, 0.25) is 5.02 Å². The lowest BCUT2D eigenvalue weighted by Gasteiger charge is -2.31. The smallest absolute Gasteiger partial charge is 0.271 e. The number of allylic oxidation sites excluding steroid dienone is 1. The Balaban J connectivity index is 1.31. The van der Waals surface area contributed by atoms with E-state index < -0.39 is 0 Å². The van der Waals surface area contributed by atoms with Crippen molar-refractivity contribution in [3.05, 3.63) is 155 Å². The Hall–Kier alpha value is -4.90. The summed E-state index contributed by atoms with van der Waals surface area (Å²) < 4.78 is 14.4. The first-order chi connectivity index (χ1) is 22.1. The monoisotopic (exact) mass is 629 g/mol. The third kappa shape index (κ3) is 5.37. The molecule has 0 saturated carbocycles. The second-order valence-electron chi connectivity index (χ2n) is 10.8. The fourth-order valence-electron chi connectivity index (χ4n) is 6.06. The molecule has 0 radical (unpaired) electrons. The Bertz CT molecular complexity index is 2210. The lowest BCUT2D eigenvalue weighted by Crippen LogP contribution is -2.38. The molecule has 0 fully saturated rings. The van der Waals surface area contributed by atoms with Crippen molar-refractivity contribution in [2.75, 3.05) is 6.61 Å². The van der Waals surface area contributed by atoms with Crippen molar-refractivity contribution in [1.29, 1.82) is 5.26 Å². The van der Waals surface area contributed by atoms with Gasteiger partial charge in [0.2, 0.25) is 0 Å². The van der Waals surface area contributed by atoms with E-state index in [0.29, 0.717) is 38.0 Å². The van der Waals surface area contributed by atoms with Gasteiger partial charge in [-0.3, -0.25) is 9.36 Å². The minimum absolute atomic E-state index is 0.111. The molecule has 2 heterocycles. The van der Waals surface area contributed by atoms with E-state index in [-0.39, 0.29) is 18.2 Å². The lowest BCUT2D eigenvalue weighted by molar-refractivity contribution is 0.269. The van der Waals surface area contributed by atoms with Crippen LogP contribution in [0.4, 0.5) is 0 Å². The zero-order valence-corrected chi connectivity index (χ0v) is 26.1. The van der Waals surface area contributed by atoms with Crippen molar-refractivity contribution in [3.63, 3.8) is 0 Å². The van der Waals surface area contributed by atoms with Gasteiger partial charge in [-0.15, -0.1) is 0 Å². The van der Waals surface area contributed by atoms with Crippen LogP contribution in [-0.2, 0) is 13.0 Å². The van der Waals surface area contributed by atoms with Gasteiger partial charge in [-0.05, 0) is 72.4 Å². The van der Waals surface area contributed by atoms with E-state index in [2.05, 4.69) is 24.3 Å². The summed E-state index contributed by atoms with van der Waals surface area (Å²) in [6.07, 6.45) is 3.56. The molecule has 0 saturated heterocycles. The Labute approximate surface area is 269 Å². The third-order valence-corrected chi connectivity index (χ3v) is 9.49. The number of thiazole rings is 1. The summed E-state index contributed by atoms with van der Waals surface area (Å²) in [5.74, 6) is 1.13. The maximum absolute atomic E-state index is 14.2. The van der Waals surface area contributed by atoms with Gasteiger partial charge in [-0.1, -0.05) is 89.7 Å². The van der Waals surface area contributed by atoms with Crippen molar-refractivity contribution in [3.8, 4) is 17.6 Å². The Morgan fingerprint density at radius 3 is 2.64 bits per heavy atom. The zero-order chi connectivity index (χ0) is 30.9. The SMILES string of the molecule is CCOc1cc(/C=c2\sc3n(c2=O)C(c2ccccc2Cl)C2=C(N=3)c3ccccc3CC2)ccc1OCc1ccccc1C#N. The maximum Gasteiger partial charge on any atom is 0.271 e. The van der Waals surface area contributed by atoms with Crippen molar-refractivity contribution in [2.45, 2.75) is 32.4 Å². The molecule has 6 nitrogen and oxygen atoms in total. The van der Waals surface area contributed by atoms with E-state index in [4.69, 9.17) is 26.1 Å². The average Bonchev–Trinajstić information content (AvgIpc) is 3.37. The fraction of sp³-hybridized carbons (Fsp3) is 0.162. The number of rotatable bonds is 7. The van der Waals surface area contributed by atoms with E-state index in [1.807, 2.05) is 79.7 Å². The van der Waals surface area contributed by atoms with Crippen LogP contribution in [0.15, 0.2) is 106 Å². The van der Waals surface area contributed by atoms with Gasteiger partial charge in [-0.25, -0.2) is 4.99 Å². The van der Waals surface area contributed by atoms with Crippen LogP contribution in [-0.4, -0.2) is 11.2 Å². The maximum atomic E-state index is 14.2. The minimum atomic E-state index is -0.341. The molecule has 1 atom stereocenters. The summed E-state index contributed by atoms with van der Waals surface area (Å²) in [5.41, 5.74) is 7.38. The molecule has 4 aromatic carbocycles. The molecule has 45 heavy (non-hydrogen) atoms. The van der Waals surface area contributed by atoms with Crippen molar-refractivity contribution < 1.29 is 9.47 Å². The molecule has 2 aliphatic rings. The second kappa shape index (κ2) is 12.2. The summed E-state index contributed by atoms with van der Waals surface area (Å²) in [5, 5.41) is 10.1. The summed E-state index contributed by atoms with van der Waals surface area (Å²) in [6.45, 7) is 2.59. The first-order valence-electron chi connectivity index (χ1n) is 14.8. The van der Waals surface area contributed by atoms with E-state index in [1.54, 1.807) is 10.6 Å². The number of aromatic nitrogens is 1. The molecule has 0 amide bonds. The van der Waals surface area contributed by atoms with Crippen LogP contribution in [0.1, 0.15) is 52.8 Å². The molecule has 7 rings (SSSR count). The number of fused-ring (bicyclic) bond motifs is 3. The lowest BCUT2D eigenvalue weighted by atomic mass is 9.83. The average molecular weight is 630 g/mol. The summed E-state index contributed by atoms with van der Waals surface area (Å²) in [4.78, 5) is 19.9. The normalized spacial score (nSPS) is 15.4. The molecule has 0 spiro atoms. The highest BCUT2D eigenvalue weighted by atomic mass is 35.5. The molecular formula is C37H28ClN3O3S. The number of nitriles is 1. The van der Waals surface area contributed by atoms with E-state index in [9.17, 15) is 10.1 Å². The van der Waals surface area contributed by atoms with Gasteiger partial charge in [-0.2, -0.15) is 5.26 Å². The highest BCUT2D eigenvalue weighted by Crippen LogP contribution is 2.42. The predicted octanol–water partition coefficient (Wildman–Crippen LogP) is 6.82. The largest absolute Gasteiger partial charge is 0.490 e. The van der Waals surface area contributed by atoms with Crippen molar-refractivity contribution in [1.82, 2.24) is 4.57 Å². The summed E-state index contributed by atoms with van der Waals surface area (Å²) in [6, 6.07) is 31.0. The molecule has 0 bridgehead atoms. The molecule has 1 aromatic heterocycles. The standard InChI is InChI=1S/C37H28ClN3O3S/c1-2-43-32-19-23(15-18-31(32)44-22-26-11-4-3-10-25(26)21-39)20-33-36(42)41-35(28-13-7-8-14-30(28)38)29-17-16-24-9-5-6-12-27(24)34(29)40-37(41)45-33/h3-15,18-20,35H,2,16-17,22H2,1H3/b33-20-. The summed E-state index contributed by atoms with van der Waals surface area (Å²) in [7, 11) is 0. The number of hydrogen-bond acceptors (Lipinski definition) is 6. The topological polar surface area (TPSA) is 76.6 Å². The highest BCUT2D eigenvalue weighted by Gasteiger charge is 2.33. The fourth-order valence-corrected chi connectivity index (χ4v) is 7.30.